The normalized spacial score (nSPS) is 16.9. The number of halogens is 1. The van der Waals surface area contributed by atoms with E-state index in [-0.39, 0.29) is 24.1 Å². The van der Waals surface area contributed by atoms with Crippen molar-refractivity contribution in [2.24, 2.45) is 4.99 Å². The highest BCUT2D eigenvalue weighted by atomic mass is 32.1. The standard InChI is InChI=1S/C31H26FN7O2S/c1-2-24-33-15-19(16-34-24)27-26(36-30(42-27)18-10-6-11-18)29-38-39-31(41-29)37-28-23(40)14-21-20(12-7-13-22(21)32)25(35-28)17-8-4-3-5-9-17/h3-5,7-9,12-13,15-16,18,28H,2,6,10-11,14H2,1H3,(H,37,39)/t28-/m0/s1. The molecule has 2 aliphatic rings. The van der Waals surface area contributed by atoms with Crippen LogP contribution >= 0.6 is 11.3 Å². The van der Waals surface area contributed by atoms with Crippen LogP contribution in [0.1, 0.15) is 59.6 Å². The topological polar surface area (TPSA) is 119 Å². The SMILES string of the molecule is CCc1ncc(-c2sc(C3CCC3)nc2-c2nnc(N[C@@H]3N=C(c4ccccc4)c4cccc(F)c4CC3=O)o2)cn1. The lowest BCUT2D eigenvalue weighted by Gasteiger charge is -2.22. The molecule has 0 unspecified atom stereocenters. The molecule has 1 aliphatic carbocycles. The minimum Gasteiger partial charge on any atom is -0.402 e. The lowest BCUT2D eigenvalue weighted by molar-refractivity contribution is -0.119. The second kappa shape index (κ2) is 11.0. The summed E-state index contributed by atoms with van der Waals surface area (Å²) in [5.41, 5.74) is 3.56. The first-order chi connectivity index (χ1) is 20.6. The molecule has 9 nitrogen and oxygen atoms in total. The molecule has 2 aromatic carbocycles. The molecule has 1 N–H and O–H groups in total. The Morgan fingerprint density at radius 2 is 1.83 bits per heavy atom. The molecule has 7 rings (SSSR count). The van der Waals surface area contributed by atoms with Gasteiger partial charge in [-0.15, -0.1) is 16.4 Å². The number of aryl methyl sites for hydroxylation is 1. The van der Waals surface area contributed by atoms with E-state index in [0.29, 0.717) is 28.5 Å². The van der Waals surface area contributed by atoms with Crippen LogP contribution in [0.5, 0.6) is 0 Å². The number of benzene rings is 2. The lowest BCUT2D eigenvalue weighted by atomic mass is 9.86. The van der Waals surface area contributed by atoms with Crippen molar-refractivity contribution in [3.8, 4) is 22.0 Å². The predicted molar refractivity (Wildman–Crippen MR) is 157 cm³/mol. The highest BCUT2D eigenvalue weighted by molar-refractivity contribution is 7.15. The quantitative estimate of drug-likeness (QED) is 0.249. The Morgan fingerprint density at radius 1 is 1.02 bits per heavy atom. The van der Waals surface area contributed by atoms with Crippen LogP contribution in [0.4, 0.5) is 10.4 Å². The third-order valence-electron chi connectivity index (χ3n) is 7.61. The highest BCUT2D eigenvalue weighted by Crippen LogP contribution is 2.44. The van der Waals surface area contributed by atoms with E-state index in [4.69, 9.17) is 14.4 Å². The van der Waals surface area contributed by atoms with Crippen LogP contribution in [0.25, 0.3) is 22.0 Å². The number of nitrogens with zero attached hydrogens (tertiary/aromatic N) is 6. The monoisotopic (exact) mass is 579 g/mol. The maximum Gasteiger partial charge on any atom is 0.317 e. The molecular weight excluding hydrogens is 553 g/mol. The van der Waals surface area contributed by atoms with Gasteiger partial charge < -0.3 is 9.73 Å². The third kappa shape index (κ3) is 4.89. The smallest absolute Gasteiger partial charge is 0.317 e. The first-order valence-corrected chi connectivity index (χ1v) is 14.7. The van der Waals surface area contributed by atoms with Crippen molar-refractivity contribution in [3.05, 3.63) is 94.3 Å². The van der Waals surface area contributed by atoms with Crippen molar-refractivity contribution in [1.29, 1.82) is 0 Å². The summed E-state index contributed by atoms with van der Waals surface area (Å²) in [7, 11) is 0. The summed E-state index contributed by atoms with van der Waals surface area (Å²) in [4.78, 5) is 32.8. The molecule has 1 saturated carbocycles. The number of aliphatic imine (C=N–C) groups is 1. The first kappa shape index (κ1) is 26.3. The molecule has 11 heteroatoms. The average Bonchev–Trinajstić information content (AvgIpc) is 3.60. The molecule has 1 atom stereocenters. The summed E-state index contributed by atoms with van der Waals surface area (Å²) in [5.74, 6) is 0.631. The molecular formula is C31H26FN7O2S. The molecule has 42 heavy (non-hydrogen) atoms. The maximum atomic E-state index is 14.9. The van der Waals surface area contributed by atoms with Crippen molar-refractivity contribution in [2.75, 3.05) is 5.32 Å². The summed E-state index contributed by atoms with van der Waals surface area (Å²) in [6.07, 6.45) is 6.53. The summed E-state index contributed by atoms with van der Waals surface area (Å²) in [6, 6.07) is 14.2. The first-order valence-electron chi connectivity index (χ1n) is 13.9. The zero-order valence-electron chi connectivity index (χ0n) is 22.7. The number of nitrogens with one attached hydrogen (secondary N) is 1. The Hall–Kier alpha value is -4.64. The van der Waals surface area contributed by atoms with Crippen LogP contribution in [-0.4, -0.2) is 42.8 Å². The highest BCUT2D eigenvalue weighted by Gasteiger charge is 2.31. The van der Waals surface area contributed by atoms with Gasteiger partial charge in [-0.05, 0) is 18.9 Å². The van der Waals surface area contributed by atoms with Crippen LogP contribution in [0.15, 0.2) is 70.3 Å². The lowest BCUT2D eigenvalue weighted by Crippen LogP contribution is -2.29. The number of fused-ring (bicyclic) bond motifs is 1. The largest absolute Gasteiger partial charge is 0.402 e. The van der Waals surface area contributed by atoms with Gasteiger partial charge in [-0.2, -0.15) is 0 Å². The Balaban J connectivity index is 1.23. The number of Topliss-reactive ketones (excluding diaryl/α,β-unsaturated/α-hetero) is 1. The summed E-state index contributed by atoms with van der Waals surface area (Å²) in [5, 5.41) is 12.5. The van der Waals surface area contributed by atoms with Crippen molar-refractivity contribution in [1.82, 2.24) is 25.1 Å². The predicted octanol–water partition coefficient (Wildman–Crippen LogP) is 6.02. The van der Waals surface area contributed by atoms with Gasteiger partial charge in [0, 0.05) is 53.4 Å². The third-order valence-corrected chi connectivity index (χ3v) is 8.87. The number of hydrogen-bond donors (Lipinski definition) is 1. The zero-order valence-corrected chi connectivity index (χ0v) is 23.6. The van der Waals surface area contributed by atoms with Crippen molar-refractivity contribution in [2.45, 2.75) is 51.1 Å². The molecule has 5 aromatic rings. The van der Waals surface area contributed by atoms with E-state index in [2.05, 4.69) is 25.5 Å². The van der Waals surface area contributed by atoms with Crippen LogP contribution in [0, 0.1) is 5.82 Å². The Morgan fingerprint density at radius 3 is 2.57 bits per heavy atom. The van der Waals surface area contributed by atoms with Crippen LogP contribution < -0.4 is 5.32 Å². The number of thiazole rings is 1. The van der Waals surface area contributed by atoms with Crippen molar-refractivity contribution in [3.63, 3.8) is 0 Å². The van der Waals surface area contributed by atoms with E-state index in [9.17, 15) is 9.18 Å². The molecule has 1 fully saturated rings. The molecule has 0 radical (unpaired) electrons. The molecule has 0 saturated heterocycles. The number of rotatable bonds is 7. The fourth-order valence-electron chi connectivity index (χ4n) is 5.10. The average molecular weight is 580 g/mol. The second-order valence-corrected chi connectivity index (χ2v) is 11.3. The van der Waals surface area contributed by atoms with E-state index in [1.807, 2.05) is 37.3 Å². The van der Waals surface area contributed by atoms with E-state index in [1.54, 1.807) is 35.9 Å². The molecule has 210 valence electrons. The van der Waals surface area contributed by atoms with E-state index in [1.165, 1.54) is 12.5 Å². The minimum atomic E-state index is -1.06. The minimum absolute atomic E-state index is 0.0210. The summed E-state index contributed by atoms with van der Waals surface area (Å²) < 4.78 is 20.9. The molecule has 0 spiro atoms. The molecule has 1 aliphatic heterocycles. The van der Waals surface area contributed by atoms with Gasteiger partial charge in [0.25, 0.3) is 5.89 Å². The van der Waals surface area contributed by atoms with Gasteiger partial charge in [-0.25, -0.2) is 19.3 Å². The summed E-state index contributed by atoms with van der Waals surface area (Å²) in [6.45, 7) is 2.01. The fourth-order valence-corrected chi connectivity index (χ4v) is 6.30. The van der Waals surface area contributed by atoms with Crippen LogP contribution in [-0.2, 0) is 17.6 Å². The van der Waals surface area contributed by atoms with Crippen molar-refractivity contribution < 1.29 is 13.6 Å². The number of carbonyl (C=O) groups is 1. The van der Waals surface area contributed by atoms with Gasteiger partial charge in [0.2, 0.25) is 0 Å². The zero-order chi connectivity index (χ0) is 28.6. The van der Waals surface area contributed by atoms with Gasteiger partial charge in [0.1, 0.15) is 17.3 Å². The number of hydrogen-bond acceptors (Lipinski definition) is 10. The molecule has 0 amide bonds. The van der Waals surface area contributed by atoms with Crippen LogP contribution in [0.2, 0.25) is 0 Å². The Kier molecular flexibility index (Phi) is 6.87. The fraction of sp³-hybridized carbons (Fsp3) is 0.258. The van der Waals surface area contributed by atoms with Gasteiger partial charge in [0.15, 0.2) is 11.9 Å². The Labute approximate surface area is 245 Å². The van der Waals surface area contributed by atoms with Gasteiger partial charge >= 0.3 is 6.01 Å². The van der Waals surface area contributed by atoms with Crippen LogP contribution in [0.3, 0.4) is 0 Å². The van der Waals surface area contributed by atoms with E-state index in [0.717, 1.165) is 46.1 Å². The summed E-state index contributed by atoms with van der Waals surface area (Å²) >= 11 is 1.59. The second-order valence-electron chi connectivity index (χ2n) is 10.3. The van der Waals surface area contributed by atoms with E-state index >= 15 is 0 Å². The number of aromatic nitrogens is 5. The van der Waals surface area contributed by atoms with Crippen molar-refractivity contribution >= 4 is 28.8 Å². The molecule has 4 heterocycles. The molecule has 3 aromatic heterocycles. The Bertz CT molecular complexity index is 1800. The van der Waals surface area contributed by atoms with Gasteiger partial charge in [-0.1, -0.05) is 60.9 Å². The van der Waals surface area contributed by atoms with Gasteiger partial charge in [-0.3, -0.25) is 9.79 Å². The number of carbonyl (C=O) groups excluding carboxylic acids is 1. The number of ketones is 1. The van der Waals surface area contributed by atoms with E-state index < -0.39 is 12.0 Å². The number of anilines is 1. The van der Waals surface area contributed by atoms with Gasteiger partial charge in [0.05, 0.1) is 15.6 Å². The maximum absolute atomic E-state index is 14.9. The molecule has 0 bridgehead atoms.